The van der Waals surface area contributed by atoms with Crippen LogP contribution in [0.1, 0.15) is 18.1 Å². The van der Waals surface area contributed by atoms with Gasteiger partial charge in [0, 0.05) is 24.8 Å². The molecule has 0 radical (unpaired) electrons. The third-order valence-corrected chi connectivity index (χ3v) is 3.64. The standard InChI is InChI=1S/C15H24N2O/c1-11-4-5-15(13(3)6-11)17-8-12(2)7-16-14(9-17)10-18/h4-6,12,14,16,18H,7-10H2,1-3H3. The van der Waals surface area contributed by atoms with Gasteiger partial charge in [-0.3, -0.25) is 0 Å². The molecule has 0 saturated carbocycles. The molecule has 1 aliphatic rings. The first kappa shape index (κ1) is 13.4. The van der Waals surface area contributed by atoms with Gasteiger partial charge in [0.25, 0.3) is 0 Å². The lowest BCUT2D eigenvalue weighted by atomic mass is 10.1. The van der Waals surface area contributed by atoms with Crippen LogP contribution in [0.4, 0.5) is 5.69 Å². The van der Waals surface area contributed by atoms with E-state index in [2.05, 4.69) is 49.2 Å². The summed E-state index contributed by atoms with van der Waals surface area (Å²) in [5.74, 6) is 0.599. The molecule has 3 heteroatoms. The lowest BCUT2D eigenvalue weighted by molar-refractivity contribution is 0.247. The van der Waals surface area contributed by atoms with Gasteiger partial charge in [-0.2, -0.15) is 0 Å². The summed E-state index contributed by atoms with van der Waals surface area (Å²) in [6.45, 7) is 9.65. The Morgan fingerprint density at radius 3 is 2.78 bits per heavy atom. The molecule has 2 N–H and O–H groups in total. The van der Waals surface area contributed by atoms with Crippen LogP contribution in [-0.2, 0) is 0 Å². The van der Waals surface area contributed by atoms with E-state index in [1.165, 1.54) is 16.8 Å². The Hall–Kier alpha value is -1.06. The van der Waals surface area contributed by atoms with Crippen LogP contribution in [0.2, 0.25) is 0 Å². The highest BCUT2D eigenvalue weighted by Gasteiger charge is 2.21. The molecular weight excluding hydrogens is 224 g/mol. The molecule has 2 unspecified atom stereocenters. The van der Waals surface area contributed by atoms with Gasteiger partial charge in [-0.15, -0.1) is 0 Å². The predicted octanol–water partition coefficient (Wildman–Crippen LogP) is 1.71. The van der Waals surface area contributed by atoms with Crippen molar-refractivity contribution >= 4 is 5.69 Å². The zero-order chi connectivity index (χ0) is 13.1. The van der Waals surface area contributed by atoms with Crippen LogP contribution in [0.25, 0.3) is 0 Å². The molecule has 18 heavy (non-hydrogen) atoms. The summed E-state index contributed by atoms with van der Waals surface area (Å²) in [6, 6.07) is 6.78. The van der Waals surface area contributed by atoms with Gasteiger partial charge in [0.2, 0.25) is 0 Å². The second kappa shape index (κ2) is 5.72. The third kappa shape index (κ3) is 3.03. The van der Waals surface area contributed by atoms with Crippen LogP contribution in [0.5, 0.6) is 0 Å². The van der Waals surface area contributed by atoms with Crippen molar-refractivity contribution in [3.63, 3.8) is 0 Å². The molecule has 1 fully saturated rings. The van der Waals surface area contributed by atoms with E-state index in [0.717, 1.165) is 19.6 Å². The number of aryl methyl sites for hydroxylation is 2. The summed E-state index contributed by atoms with van der Waals surface area (Å²) in [4.78, 5) is 2.40. The number of nitrogens with one attached hydrogen (secondary N) is 1. The molecule has 1 heterocycles. The number of aliphatic hydroxyl groups is 1. The molecule has 0 spiro atoms. The Morgan fingerprint density at radius 1 is 1.33 bits per heavy atom. The monoisotopic (exact) mass is 248 g/mol. The van der Waals surface area contributed by atoms with E-state index in [-0.39, 0.29) is 12.6 Å². The number of benzene rings is 1. The van der Waals surface area contributed by atoms with Crippen LogP contribution in [0.15, 0.2) is 18.2 Å². The van der Waals surface area contributed by atoms with Crippen molar-refractivity contribution in [1.82, 2.24) is 5.32 Å². The Bertz CT molecular complexity index is 405. The summed E-state index contributed by atoms with van der Waals surface area (Å²) >= 11 is 0. The zero-order valence-corrected chi connectivity index (χ0v) is 11.6. The number of hydrogen-bond acceptors (Lipinski definition) is 3. The van der Waals surface area contributed by atoms with Gasteiger partial charge in [-0.25, -0.2) is 0 Å². The van der Waals surface area contributed by atoms with Crippen molar-refractivity contribution < 1.29 is 5.11 Å². The first-order valence-electron chi connectivity index (χ1n) is 6.76. The minimum atomic E-state index is 0.177. The maximum absolute atomic E-state index is 9.39. The lowest BCUT2D eigenvalue weighted by Crippen LogP contribution is -2.40. The average molecular weight is 248 g/mol. The Balaban J connectivity index is 2.23. The molecular formula is C15H24N2O. The maximum Gasteiger partial charge on any atom is 0.0601 e. The van der Waals surface area contributed by atoms with Gasteiger partial charge in [-0.1, -0.05) is 24.6 Å². The molecule has 1 saturated heterocycles. The van der Waals surface area contributed by atoms with Crippen molar-refractivity contribution in [2.45, 2.75) is 26.8 Å². The second-order valence-electron chi connectivity index (χ2n) is 5.59. The topological polar surface area (TPSA) is 35.5 Å². The van der Waals surface area contributed by atoms with E-state index in [9.17, 15) is 5.11 Å². The smallest absolute Gasteiger partial charge is 0.0601 e. The van der Waals surface area contributed by atoms with Gasteiger partial charge in [0.05, 0.1) is 6.61 Å². The molecule has 0 aliphatic carbocycles. The van der Waals surface area contributed by atoms with Gasteiger partial charge in [0.1, 0.15) is 0 Å². The lowest BCUT2D eigenvalue weighted by Gasteiger charge is -2.28. The van der Waals surface area contributed by atoms with Crippen molar-refractivity contribution in [2.24, 2.45) is 5.92 Å². The minimum absolute atomic E-state index is 0.177. The minimum Gasteiger partial charge on any atom is -0.395 e. The Kier molecular flexibility index (Phi) is 4.25. The summed E-state index contributed by atoms with van der Waals surface area (Å²) in [7, 11) is 0. The number of hydrogen-bond donors (Lipinski definition) is 2. The molecule has 0 aromatic heterocycles. The van der Waals surface area contributed by atoms with E-state index in [4.69, 9.17) is 0 Å². The predicted molar refractivity (Wildman–Crippen MR) is 76.2 cm³/mol. The first-order valence-corrected chi connectivity index (χ1v) is 6.76. The highest BCUT2D eigenvalue weighted by Crippen LogP contribution is 2.23. The second-order valence-corrected chi connectivity index (χ2v) is 5.59. The van der Waals surface area contributed by atoms with Crippen molar-refractivity contribution in [2.75, 3.05) is 31.1 Å². The van der Waals surface area contributed by atoms with E-state index >= 15 is 0 Å². The van der Waals surface area contributed by atoms with Crippen molar-refractivity contribution in [3.8, 4) is 0 Å². The van der Waals surface area contributed by atoms with Crippen molar-refractivity contribution in [3.05, 3.63) is 29.3 Å². The fourth-order valence-corrected chi connectivity index (χ4v) is 2.69. The van der Waals surface area contributed by atoms with Crippen molar-refractivity contribution in [1.29, 1.82) is 0 Å². The van der Waals surface area contributed by atoms with Crippen LogP contribution >= 0.6 is 0 Å². The molecule has 1 aromatic rings. The number of nitrogens with zero attached hydrogens (tertiary/aromatic N) is 1. The van der Waals surface area contributed by atoms with Crippen LogP contribution in [-0.4, -0.2) is 37.4 Å². The van der Waals surface area contributed by atoms with E-state index < -0.39 is 0 Å². The van der Waals surface area contributed by atoms with Gasteiger partial charge < -0.3 is 15.3 Å². The Labute approximate surface area is 110 Å². The third-order valence-electron chi connectivity index (χ3n) is 3.64. The van der Waals surface area contributed by atoms with Crippen LogP contribution in [0.3, 0.4) is 0 Å². The summed E-state index contributed by atoms with van der Waals surface area (Å²) < 4.78 is 0. The largest absolute Gasteiger partial charge is 0.395 e. The van der Waals surface area contributed by atoms with Crippen LogP contribution in [0, 0.1) is 19.8 Å². The fraction of sp³-hybridized carbons (Fsp3) is 0.600. The highest BCUT2D eigenvalue weighted by molar-refractivity contribution is 5.54. The number of anilines is 1. The van der Waals surface area contributed by atoms with Gasteiger partial charge in [-0.05, 0) is 37.9 Å². The molecule has 0 amide bonds. The first-order chi connectivity index (χ1) is 8.60. The molecule has 0 bridgehead atoms. The van der Waals surface area contributed by atoms with E-state index in [1.54, 1.807) is 0 Å². The number of aliphatic hydroxyl groups excluding tert-OH is 1. The van der Waals surface area contributed by atoms with E-state index in [1.807, 2.05) is 0 Å². The zero-order valence-electron chi connectivity index (χ0n) is 11.6. The molecule has 3 nitrogen and oxygen atoms in total. The Morgan fingerprint density at radius 2 is 2.11 bits per heavy atom. The quantitative estimate of drug-likeness (QED) is 0.836. The summed E-state index contributed by atoms with van der Waals surface area (Å²) in [5.41, 5.74) is 3.92. The molecule has 100 valence electrons. The summed E-state index contributed by atoms with van der Waals surface area (Å²) in [5, 5.41) is 12.8. The molecule has 1 aliphatic heterocycles. The molecule has 1 aromatic carbocycles. The van der Waals surface area contributed by atoms with E-state index in [0.29, 0.717) is 5.92 Å². The fourth-order valence-electron chi connectivity index (χ4n) is 2.69. The normalized spacial score (nSPS) is 25.0. The SMILES string of the molecule is Cc1ccc(N2CC(C)CNC(CO)C2)c(C)c1. The molecule has 2 atom stereocenters. The summed E-state index contributed by atoms with van der Waals surface area (Å²) in [6.07, 6.45) is 0. The maximum atomic E-state index is 9.39. The number of rotatable bonds is 2. The van der Waals surface area contributed by atoms with Gasteiger partial charge in [0.15, 0.2) is 0 Å². The van der Waals surface area contributed by atoms with Gasteiger partial charge >= 0.3 is 0 Å². The molecule has 2 rings (SSSR count). The highest BCUT2D eigenvalue weighted by atomic mass is 16.3. The average Bonchev–Trinajstić information content (AvgIpc) is 2.51. The van der Waals surface area contributed by atoms with Crippen LogP contribution < -0.4 is 10.2 Å².